The van der Waals surface area contributed by atoms with Crippen molar-refractivity contribution < 1.29 is 27.8 Å². The molecule has 3 rings (SSSR count). The summed E-state index contributed by atoms with van der Waals surface area (Å²) in [6, 6.07) is 3.42. The minimum Gasteiger partial charge on any atom is -0.478 e. The van der Waals surface area contributed by atoms with Gasteiger partial charge >= 0.3 is 12.1 Å². The Labute approximate surface area is 131 Å². The van der Waals surface area contributed by atoms with E-state index in [0.29, 0.717) is 37.3 Å². The molecule has 0 unspecified atom stereocenters. The maximum atomic E-state index is 13.0. The van der Waals surface area contributed by atoms with Crippen molar-refractivity contribution in [3.8, 4) is 0 Å². The number of benzene rings is 1. The molecule has 2 heterocycles. The number of ether oxygens (including phenoxy) is 1. The Morgan fingerprint density at radius 3 is 2.57 bits per heavy atom. The van der Waals surface area contributed by atoms with Gasteiger partial charge < -0.3 is 14.7 Å². The molecule has 2 aliphatic rings. The second kappa shape index (κ2) is 5.88. The highest BCUT2D eigenvalue weighted by molar-refractivity contribution is 5.96. The molecule has 0 aliphatic carbocycles. The van der Waals surface area contributed by atoms with Crippen LogP contribution in [0.2, 0.25) is 0 Å². The first-order chi connectivity index (χ1) is 10.9. The van der Waals surface area contributed by atoms with Crippen LogP contribution in [0.1, 0.15) is 24.0 Å². The number of aliphatic carboxylic acids is 1. The Hall–Kier alpha value is -2.02. The highest BCUT2D eigenvalue weighted by Crippen LogP contribution is 2.38. The zero-order chi connectivity index (χ0) is 16.6. The zero-order valence-electron chi connectivity index (χ0n) is 12.3. The second-order valence-electron chi connectivity index (χ2n) is 5.72. The van der Waals surface area contributed by atoms with Crippen molar-refractivity contribution in [2.24, 2.45) is 0 Å². The number of alkyl halides is 3. The van der Waals surface area contributed by atoms with Crippen LogP contribution in [0.25, 0.3) is 6.08 Å². The largest absolute Gasteiger partial charge is 0.478 e. The summed E-state index contributed by atoms with van der Waals surface area (Å²) in [5.41, 5.74) is 0.411. The number of nitrogens with zero attached hydrogens (tertiary/aromatic N) is 1. The van der Waals surface area contributed by atoms with Gasteiger partial charge in [0.1, 0.15) is 0 Å². The zero-order valence-corrected chi connectivity index (χ0v) is 12.3. The standard InChI is InChI=1S/C16H16F3NO3/c17-16(18,19)12-2-1-10-7-11(15(21)22)9-20(14(10)8-12)13-3-5-23-6-4-13/h1-2,7-8,13H,3-6,9H2,(H,21,22). The molecule has 1 saturated heterocycles. The molecule has 7 heteroatoms. The normalized spacial score (nSPS) is 19.3. The van der Waals surface area contributed by atoms with E-state index in [2.05, 4.69) is 0 Å². The third kappa shape index (κ3) is 3.19. The fourth-order valence-corrected chi connectivity index (χ4v) is 3.04. The summed E-state index contributed by atoms with van der Waals surface area (Å²) in [5, 5.41) is 9.26. The second-order valence-corrected chi connectivity index (χ2v) is 5.72. The van der Waals surface area contributed by atoms with Crippen LogP contribution in [0.5, 0.6) is 0 Å². The van der Waals surface area contributed by atoms with Crippen LogP contribution in [0, 0.1) is 0 Å². The predicted octanol–water partition coefficient (Wildman–Crippen LogP) is 3.17. The number of hydrogen-bond donors (Lipinski definition) is 1. The van der Waals surface area contributed by atoms with Gasteiger partial charge in [0, 0.05) is 24.9 Å². The molecule has 0 spiro atoms. The van der Waals surface area contributed by atoms with Crippen LogP contribution in [0.15, 0.2) is 23.8 Å². The molecular formula is C16H16F3NO3. The van der Waals surface area contributed by atoms with Crippen LogP contribution < -0.4 is 4.90 Å². The molecular weight excluding hydrogens is 311 g/mol. The molecule has 0 radical (unpaired) electrons. The molecule has 0 saturated carbocycles. The number of anilines is 1. The summed E-state index contributed by atoms with van der Waals surface area (Å²) < 4.78 is 44.2. The molecule has 0 atom stereocenters. The maximum Gasteiger partial charge on any atom is 0.416 e. The van der Waals surface area contributed by atoms with E-state index in [1.807, 2.05) is 0 Å². The van der Waals surface area contributed by atoms with Crippen LogP contribution >= 0.6 is 0 Å². The quantitative estimate of drug-likeness (QED) is 0.906. The number of halogens is 3. The summed E-state index contributed by atoms with van der Waals surface area (Å²) in [6.45, 7) is 1.16. The van der Waals surface area contributed by atoms with Crippen LogP contribution in [0.4, 0.5) is 18.9 Å². The molecule has 0 aromatic heterocycles. The lowest BCUT2D eigenvalue weighted by molar-refractivity contribution is -0.137. The number of hydrogen-bond acceptors (Lipinski definition) is 3. The van der Waals surface area contributed by atoms with Crippen molar-refractivity contribution in [2.45, 2.75) is 25.1 Å². The molecule has 4 nitrogen and oxygen atoms in total. The van der Waals surface area contributed by atoms with Gasteiger partial charge in [-0.15, -0.1) is 0 Å². The number of carboxylic acids is 1. The Kier molecular flexibility index (Phi) is 4.06. The van der Waals surface area contributed by atoms with Crippen molar-refractivity contribution >= 4 is 17.7 Å². The van der Waals surface area contributed by atoms with Gasteiger partial charge in [0.15, 0.2) is 0 Å². The Morgan fingerprint density at radius 1 is 1.26 bits per heavy atom. The van der Waals surface area contributed by atoms with Gasteiger partial charge in [-0.3, -0.25) is 0 Å². The van der Waals surface area contributed by atoms with E-state index >= 15 is 0 Å². The average molecular weight is 327 g/mol. The minimum absolute atomic E-state index is 0.0194. The van der Waals surface area contributed by atoms with Crippen LogP contribution in [0.3, 0.4) is 0 Å². The molecule has 1 aromatic rings. The van der Waals surface area contributed by atoms with E-state index in [0.717, 1.165) is 12.1 Å². The smallest absolute Gasteiger partial charge is 0.416 e. The minimum atomic E-state index is -4.42. The molecule has 124 valence electrons. The predicted molar refractivity (Wildman–Crippen MR) is 78.2 cm³/mol. The molecule has 23 heavy (non-hydrogen) atoms. The lowest BCUT2D eigenvalue weighted by Gasteiger charge is -2.39. The maximum absolute atomic E-state index is 13.0. The van der Waals surface area contributed by atoms with Crippen LogP contribution in [-0.4, -0.2) is 36.9 Å². The first-order valence-electron chi connectivity index (χ1n) is 7.36. The van der Waals surface area contributed by atoms with E-state index in [9.17, 15) is 23.1 Å². The molecule has 1 aromatic carbocycles. The van der Waals surface area contributed by atoms with Gasteiger partial charge in [-0.05, 0) is 36.6 Å². The van der Waals surface area contributed by atoms with Gasteiger partial charge in [0.2, 0.25) is 0 Å². The van der Waals surface area contributed by atoms with Gasteiger partial charge in [-0.25, -0.2) is 4.79 Å². The summed E-state index contributed by atoms with van der Waals surface area (Å²) in [6.07, 6.45) is -1.63. The van der Waals surface area contributed by atoms with Crippen molar-refractivity contribution in [2.75, 3.05) is 24.7 Å². The Bertz CT molecular complexity index is 648. The van der Waals surface area contributed by atoms with Gasteiger partial charge in [-0.1, -0.05) is 6.07 Å². The van der Waals surface area contributed by atoms with Gasteiger partial charge in [0.25, 0.3) is 0 Å². The van der Waals surface area contributed by atoms with Crippen molar-refractivity contribution in [1.82, 2.24) is 0 Å². The topological polar surface area (TPSA) is 49.8 Å². The number of rotatable bonds is 2. The first-order valence-corrected chi connectivity index (χ1v) is 7.36. The number of fused-ring (bicyclic) bond motifs is 1. The third-order valence-corrected chi connectivity index (χ3v) is 4.24. The summed E-state index contributed by atoms with van der Waals surface area (Å²) in [4.78, 5) is 13.1. The fourth-order valence-electron chi connectivity index (χ4n) is 3.04. The summed E-state index contributed by atoms with van der Waals surface area (Å²) in [7, 11) is 0. The van der Waals surface area contributed by atoms with Crippen molar-refractivity contribution in [3.63, 3.8) is 0 Å². The number of carboxylic acid groups (broad SMARTS) is 1. The SMILES string of the molecule is O=C(O)C1=Cc2ccc(C(F)(F)F)cc2N(C2CCOCC2)C1. The number of carbonyl (C=O) groups is 1. The van der Waals surface area contributed by atoms with E-state index in [1.54, 1.807) is 4.90 Å². The van der Waals surface area contributed by atoms with E-state index in [4.69, 9.17) is 4.74 Å². The molecule has 1 N–H and O–H groups in total. The summed E-state index contributed by atoms with van der Waals surface area (Å²) in [5.74, 6) is -1.05. The van der Waals surface area contributed by atoms with Crippen molar-refractivity contribution in [1.29, 1.82) is 0 Å². The third-order valence-electron chi connectivity index (χ3n) is 4.24. The molecule has 2 aliphatic heterocycles. The van der Waals surface area contributed by atoms with Gasteiger partial charge in [-0.2, -0.15) is 13.2 Å². The van der Waals surface area contributed by atoms with Crippen molar-refractivity contribution in [3.05, 3.63) is 34.9 Å². The Morgan fingerprint density at radius 2 is 1.96 bits per heavy atom. The molecule has 0 amide bonds. The first kappa shape index (κ1) is 15.9. The molecule has 0 bridgehead atoms. The average Bonchev–Trinajstić information content (AvgIpc) is 2.53. The monoisotopic (exact) mass is 327 g/mol. The lowest BCUT2D eigenvalue weighted by atomic mass is 9.96. The van der Waals surface area contributed by atoms with E-state index in [-0.39, 0.29) is 18.2 Å². The highest BCUT2D eigenvalue weighted by Gasteiger charge is 2.34. The summed E-state index contributed by atoms with van der Waals surface area (Å²) >= 11 is 0. The molecule has 1 fully saturated rings. The van der Waals surface area contributed by atoms with E-state index in [1.165, 1.54) is 12.1 Å². The highest BCUT2D eigenvalue weighted by atomic mass is 19.4. The lowest BCUT2D eigenvalue weighted by Crippen LogP contribution is -2.43. The van der Waals surface area contributed by atoms with E-state index < -0.39 is 17.7 Å². The fraction of sp³-hybridized carbons (Fsp3) is 0.438. The van der Waals surface area contributed by atoms with Crippen LogP contribution in [-0.2, 0) is 15.7 Å². The Balaban J connectivity index is 2.04. The van der Waals surface area contributed by atoms with Gasteiger partial charge in [0.05, 0.1) is 17.7 Å².